The molecular formula is C13H21N5O. The van der Waals surface area contributed by atoms with Crippen LogP contribution in [0, 0.1) is 0 Å². The average molecular weight is 263 g/mol. The molecule has 0 saturated carbocycles. The Balaban J connectivity index is 2.07. The molecule has 1 amide bonds. The molecule has 1 fully saturated rings. The van der Waals surface area contributed by atoms with Crippen molar-refractivity contribution in [3.63, 3.8) is 0 Å². The van der Waals surface area contributed by atoms with Crippen molar-refractivity contribution in [2.75, 3.05) is 38.5 Å². The molecule has 1 atom stereocenters. The van der Waals surface area contributed by atoms with Crippen LogP contribution in [0.2, 0.25) is 0 Å². The predicted octanol–water partition coefficient (Wildman–Crippen LogP) is 0.684. The Morgan fingerprint density at radius 3 is 2.89 bits per heavy atom. The fourth-order valence-electron chi connectivity index (χ4n) is 2.40. The molecule has 1 aliphatic rings. The van der Waals surface area contributed by atoms with Crippen molar-refractivity contribution >= 4 is 11.7 Å². The van der Waals surface area contributed by atoms with Crippen molar-refractivity contribution in [3.8, 4) is 0 Å². The molecule has 0 spiro atoms. The molecule has 0 bridgehead atoms. The second-order valence-electron chi connectivity index (χ2n) is 4.77. The second-order valence-corrected chi connectivity index (χ2v) is 4.77. The Hall–Kier alpha value is -1.69. The summed E-state index contributed by atoms with van der Waals surface area (Å²) in [6.07, 6.45) is 3.13. The van der Waals surface area contributed by atoms with Gasteiger partial charge in [0, 0.05) is 32.7 Å². The van der Waals surface area contributed by atoms with Crippen molar-refractivity contribution in [1.29, 1.82) is 0 Å². The highest BCUT2D eigenvalue weighted by Gasteiger charge is 2.27. The average Bonchev–Trinajstić information content (AvgIpc) is 2.46. The summed E-state index contributed by atoms with van der Waals surface area (Å²) in [5.74, 6) is 0.582. The van der Waals surface area contributed by atoms with Crippen LogP contribution in [0.4, 0.5) is 5.82 Å². The molecule has 6 heteroatoms. The number of carbonyl (C=O) groups excluding carboxylic acids is 1. The first kappa shape index (κ1) is 13.7. The molecule has 1 N–H and O–H groups in total. The fraction of sp³-hybridized carbons (Fsp3) is 0.615. The van der Waals surface area contributed by atoms with E-state index in [1.54, 1.807) is 13.2 Å². The first-order chi connectivity index (χ1) is 9.15. The number of carbonyl (C=O) groups is 1. The zero-order valence-electron chi connectivity index (χ0n) is 11.8. The summed E-state index contributed by atoms with van der Waals surface area (Å²) in [6.45, 7) is 7.75. The Morgan fingerprint density at radius 1 is 1.47 bits per heavy atom. The van der Waals surface area contributed by atoms with Crippen LogP contribution in [-0.2, 0) is 0 Å². The molecule has 104 valence electrons. The van der Waals surface area contributed by atoms with E-state index in [1.165, 1.54) is 6.20 Å². The van der Waals surface area contributed by atoms with Crippen LogP contribution in [0.5, 0.6) is 0 Å². The second kappa shape index (κ2) is 5.97. The van der Waals surface area contributed by atoms with E-state index in [0.29, 0.717) is 17.6 Å². The quantitative estimate of drug-likeness (QED) is 0.869. The number of nitrogens with zero attached hydrogens (tertiary/aromatic N) is 4. The molecule has 1 aromatic rings. The number of piperazine rings is 1. The lowest BCUT2D eigenvalue weighted by Gasteiger charge is -2.39. The smallest absolute Gasteiger partial charge is 0.274 e. The van der Waals surface area contributed by atoms with Crippen LogP contribution >= 0.6 is 0 Å². The van der Waals surface area contributed by atoms with Crippen molar-refractivity contribution in [3.05, 3.63) is 18.1 Å². The summed E-state index contributed by atoms with van der Waals surface area (Å²) < 4.78 is 0. The molecule has 1 aliphatic heterocycles. The number of aromatic nitrogens is 2. The van der Waals surface area contributed by atoms with Gasteiger partial charge in [0.15, 0.2) is 0 Å². The summed E-state index contributed by atoms with van der Waals surface area (Å²) >= 11 is 0. The monoisotopic (exact) mass is 263 g/mol. The number of rotatable bonds is 3. The van der Waals surface area contributed by atoms with Gasteiger partial charge in [0.2, 0.25) is 0 Å². The topological polar surface area (TPSA) is 61.4 Å². The summed E-state index contributed by atoms with van der Waals surface area (Å²) in [5.41, 5.74) is 0.406. The van der Waals surface area contributed by atoms with E-state index in [0.717, 1.165) is 26.2 Å². The van der Waals surface area contributed by atoms with Crippen LogP contribution in [0.25, 0.3) is 0 Å². The van der Waals surface area contributed by atoms with Gasteiger partial charge >= 0.3 is 0 Å². The molecule has 19 heavy (non-hydrogen) atoms. The molecule has 0 aliphatic carbocycles. The van der Waals surface area contributed by atoms with E-state index in [9.17, 15) is 4.79 Å². The van der Waals surface area contributed by atoms with E-state index >= 15 is 0 Å². The van der Waals surface area contributed by atoms with Crippen LogP contribution in [0.3, 0.4) is 0 Å². The minimum Gasteiger partial charge on any atom is -0.372 e. The van der Waals surface area contributed by atoms with Crippen LogP contribution in [0.1, 0.15) is 24.3 Å². The highest BCUT2D eigenvalue weighted by atomic mass is 16.2. The highest BCUT2D eigenvalue weighted by molar-refractivity contribution is 5.92. The van der Waals surface area contributed by atoms with Crippen LogP contribution in [0.15, 0.2) is 12.4 Å². The zero-order valence-corrected chi connectivity index (χ0v) is 11.8. The Morgan fingerprint density at radius 2 is 2.26 bits per heavy atom. The van der Waals surface area contributed by atoms with E-state index in [-0.39, 0.29) is 5.91 Å². The Kier molecular flexibility index (Phi) is 4.31. The third-order valence-electron chi connectivity index (χ3n) is 3.57. The van der Waals surface area contributed by atoms with Gasteiger partial charge in [-0.1, -0.05) is 6.92 Å². The first-order valence-corrected chi connectivity index (χ1v) is 6.68. The molecule has 1 aromatic heterocycles. The normalized spacial score (nSPS) is 20.4. The van der Waals surface area contributed by atoms with Crippen LogP contribution < -0.4 is 5.32 Å². The van der Waals surface area contributed by atoms with Crippen molar-refractivity contribution in [1.82, 2.24) is 19.8 Å². The van der Waals surface area contributed by atoms with Crippen molar-refractivity contribution in [2.24, 2.45) is 0 Å². The lowest BCUT2D eigenvalue weighted by Crippen LogP contribution is -2.53. The number of likely N-dealkylation sites (N-methyl/N-ethyl adjacent to an activating group) is 1. The molecule has 0 radical (unpaired) electrons. The van der Waals surface area contributed by atoms with Gasteiger partial charge < -0.3 is 10.2 Å². The maximum Gasteiger partial charge on any atom is 0.274 e. The lowest BCUT2D eigenvalue weighted by molar-refractivity contribution is 0.0522. The molecule has 1 saturated heterocycles. The Bertz CT molecular complexity index is 450. The lowest BCUT2D eigenvalue weighted by atomic mass is 10.2. The molecule has 0 aromatic carbocycles. The largest absolute Gasteiger partial charge is 0.372 e. The summed E-state index contributed by atoms with van der Waals surface area (Å²) in [6, 6.07) is 0.392. The SMILES string of the molecule is CCN1CCN(C(=O)c2cncc(NC)n2)CC1C. The minimum atomic E-state index is -0.0350. The van der Waals surface area contributed by atoms with Crippen molar-refractivity contribution in [2.45, 2.75) is 19.9 Å². The van der Waals surface area contributed by atoms with Crippen LogP contribution in [-0.4, -0.2) is 64.9 Å². The number of hydrogen-bond acceptors (Lipinski definition) is 5. The van der Waals surface area contributed by atoms with E-state index < -0.39 is 0 Å². The highest BCUT2D eigenvalue weighted by Crippen LogP contribution is 2.12. The third-order valence-corrected chi connectivity index (χ3v) is 3.57. The van der Waals surface area contributed by atoms with Crippen molar-refractivity contribution < 1.29 is 4.79 Å². The maximum atomic E-state index is 12.4. The predicted molar refractivity (Wildman–Crippen MR) is 74.2 cm³/mol. The van der Waals surface area contributed by atoms with Gasteiger partial charge in [0.1, 0.15) is 11.5 Å². The summed E-state index contributed by atoms with van der Waals surface area (Å²) in [5, 5.41) is 2.90. The van der Waals surface area contributed by atoms with Gasteiger partial charge in [-0.2, -0.15) is 0 Å². The maximum absolute atomic E-state index is 12.4. The van der Waals surface area contributed by atoms with E-state index in [2.05, 4.69) is 34.0 Å². The summed E-state index contributed by atoms with van der Waals surface area (Å²) in [7, 11) is 1.76. The van der Waals surface area contributed by atoms with Gasteiger partial charge in [-0.25, -0.2) is 4.98 Å². The first-order valence-electron chi connectivity index (χ1n) is 6.68. The number of amides is 1. The van der Waals surface area contributed by atoms with Gasteiger partial charge in [-0.05, 0) is 13.5 Å². The number of nitrogens with one attached hydrogen (secondary N) is 1. The van der Waals surface area contributed by atoms with Gasteiger partial charge in [-0.15, -0.1) is 0 Å². The number of hydrogen-bond donors (Lipinski definition) is 1. The minimum absolute atomic E-state index is 0.0350. The standard InChI is InChI=1S/C13H21N5O/c1-4-17-5-6-18(9-10(17)2)13(19)11-7-15-8-12(14-3)16-11/h7-8,10H,4-6,9H2,1-3H3,(H,14,16). The summed E-state index contributed by atoms with van der Waals surface area (Å²) in [4.78, 5) is 24.9. The number of anilines is 1. The third kappa shape index (κ3) is 3.01. The van der Waals surface area contributed by atoms with Gasteiger partial charge in [-0.3, -0.25) is 14.7 Å². The Labute approximate surface area is 113 Å². The molecule has 1 unspecified atom stereocenters. The molecular weight excluding hydrogens is 242 g/mol. The molecule has 2 heterocycles. The molecule has 6 nitrogen and oxygen atoms in total. The molecule has 2 rings (SSSR count). The van der Waals surface area contributed by atoms with E-state index in [1.807, 2.05) is 4.90 Å². The zero-order chi connectivity index (χ0) is 13.8. The van der Waals surface area contributed by atoms with Gasteiger partial charge in [0.05, 0.1) is 12.4 Å². The van der Waals surface area contributed by atoms with Gasteiger partial charge in [0.25, 0.3) is 5.91 Å². The fourth-order valence-corrected chi connectivity index (χ4v) is 2.40. The van der Waals surface area contributed by atoms with E-state index in [4.69, 9.17) is 0 Å².